The number of rotatable bonds is 2. The van der Waals surface area contributed by atoms with Crippen molar-refractivity contribution in [3.63, 3.8) is 0 Å². The van der Waals surface area contributed by atoms with Crippen molar-refractivity contribution in [2.45, 2.75) is 20.4 Å². The van der Waals surface area contributed by atoms with Gasteiger partial charge in [-0.15, -0.1) is 0 Å². The van der Waals surface area contributed by atoms with Crippen molar-refractivity contribution in [3.05, 3.63) is 45.5 Å². The summed E-state index contributed by atoms with van der Waals surface area (Å²) in [6.45, 7) is 4.64. The number of aryl methyl sites for hydroxylation is 2. The summed E-state index contributed by atoms with van der Waals surface area (Å²) in [5, 5.41) is 5.19. The maximum absolute atomic E-state index is 5.84. The first-order valence-corrected chi connectivity index (χ1v) is 5.63. The van der Waals surface area contributed by atoms with Crippen molar-refractivity contribution < 1.29 is 0 Å². The van der Waals surface area contributed by atoms with Gasteiger partial charge in [-0.3, -0.25) is 4.68 Å². The molecule has 0 N–H and O–H groups in total. The SMILES string of the molecule is Cc1cc(C)n(Cc2cc(Cl)nc(Cl)c2)n1. The van der Waals surface area contributed by atoms with E-state index in [4.69, 9.17) is 23.2 Å². The van der Waals surface area contributed by atoms with Gasteiger partial charge in [0.2, 0.25) is 0 Å². The van der Waals surface area contributed by atoms with Crippen LogP contribution in [0, 0.1) is 13.8 Å². The molecule has 0 atom stereocenters. The first kappa shape index (κ1) is 11.4. The normalized spacial score (nSPS) is 10.8. The van der Waals surface area contributed by atoms with Crippen LogP contribution in [0.4, 0.5) is 0 Å². The molecule has 2 rings (SSSR count). The second kappa shape index (κ2) is 4.44. The third-order valence-electron chi connectivity index (χ3n) is 2.26. The Morgan fingerprint density at radius 1 is 1.12 bits per heavy atom. The third-order valence-corrected chi connectivity index (χ3v) is 2.65. The molecule has 3 nitrogen and oxygen atoms in total. The van der Waals surface area contributed by atoms with E-state index in [0.29, 0.717) is 16.9 Å². The molecule has 0 spiro atoms. The fraction of sp³-hybridized carbons (Fsp3) is 0.273. The smallest absolute Gasteiger partial charge is 0.131 e. The summed E-state index contributed by atoms with van der Waals surface area (Å²) < 4.78 is 1.91. The molecule has 0 unspecified atom stereocenters. The van der Waals surface area contributed by atoms with Crippen LogP contribution in [0.25, 0.3) is 0 Å². The molecule has 5 heteroatoms. The van der Waals surface area contributed by atoms with E-state index < -0.39 is 0 Å². The second-order valence-corrected chi connectivity index (χ2v) is 4.48. The van der Waals surface area contributed by atoms with Gasteiger partial charge in [0.05, 0.1) is 12.2 Å². The summed E-state index contributed by atoms with van der Waals surface area (Å²) in [6.07, 6.45) is 0. The fourth-order valence-corrected chi connectivity index (χ4v) is 2.12. The van der Waals surface area contributed by atoms with Crippen LogP contribution < -0.4 is 0 Å². The van der Waals surface area contributed by atoms with Crippen LogP contribution in [0.15, 0.2) is 18.2 Å². The van der Waals surface area contributed by atoms with E-state index in [1.807, 2.05) is 24.6 Å². The standard InChI is InChI=1S/C11H11Cl2N3/c1-7-3-8(2)16(15-7)6-9-4-10(12)14-11(13)5-9/h3-5H,6H2,1-2H3. The number of hydrogen-bond donors (Lipinski definition) is 0. The first-order chi connectivity index (χ1) is 7.54. The number of halogens is 2. The molecule has 2 heterocycles. The van der Waals surface area contributed by atoms with Crippen LogP contribution in [-0.2, 0) is 6.54 Å². The van der Waals surface area contributed by atoms with Crippen LogP contribution in [0.5, 0.6) is 0 Å². The van der Waals surface area contributed by atoms with Crippen LogP contribution in [-0.4, -0.2) is 14.8 Å². The molecule has 2 aromatic rings. The van der Waals surface area contributed by atoms with Gasteiger partial charge >= 0.3 is 0 Å². The van der Waals surface area contributed by atoms with Crippen LogP contribution >= 0.6 is 23.2 Å². The minimum absolute atomic E-state index is 0.407. The molecule has 0 amide bonds. The Kier molecular flexibility index (Phi) is 3.17. The quantitative estimate of drug-likeness (QED) is 0.772. The maximum atomic E-state index is 5.84. The average Bonchev–Trinajstić information content (AvgIpc) is 2.43. The molecule has 84 valence electrons. The lowest BCUT2D eigenvalue weighted by Crippen LogP contribution is -2.04. The highest BCUT2D eigenvalue weighted by Crippen LogP contribution is 2.16. The van der Waals surface area contributed by atoms with E-state index in [2.05, 4.69) is 10.1 Å². The Morgan fingerprint density at radius 2 is 1.75 bits per heavy atom. The predicted octanol–water partition coefficient (Wildman–Crippen LogP) is 3.25. The van der Waals surface area contributed by atoms with Gasteiger partial charge in [0, 0.05) is 5.69 Å². The van der Waals surface area contributed by atoms with Gasteiger partial charge in [-0.25, -0.2) is 4.98 Å². The largest absolute Gasteiger partial charge is 0.265 e. The molecule has 0 bridgehead atoms. The van der Waals surface area contributed by atoms with Gasteiger partial charge in [0.1, 0.15) is 10.3 Å². The van der Waals surface area contributed by atoms with E-state index in [1.54, 1.807) is 12.1 Å². The highest BCUT2D eigenvalue weighted by molar-refractivity contribution is 6.32. The molecule has 0 aliphatic heterocycles. The summed E-state index contributed by atoms with van der Waals surface area (Å²) in [6, 6.07) is 5.62. The fourth-order valence-electron chi connectivity index (χ4n) is 1.61. The molecular weight excluding hydrogens is 245 g/mol. The van der Waals surface area contributed by atoms with Crippen molar-refractivity contribution in [3.8, 4) is 0 Å². The molecule has 0 aromatic carbocycles. The van der Waals surface area contributed by atoms with Gasteiger partial charge in [0.15, 0.2) is 0 Å². The van der Waals surface area contributed by atoms with Crippen LogP contribution in [0.3, 0.4) is 0 Å². The molecule has 0 saturated heterocycles. The molecule has 0 aliphatic carbocycles. The number of pyridine rings is 1. The molecule has 0 fully saturated rings. The van der Waals surface area contributed by atoms with Crippen molar-refractivity contribution in [1.82, 2.24) is 14.8 Å². The predicted molar refractivity (Wildman–Crippen MR) is 65.1 cm³/mol. The van der Waals surface area contributed by atoms with Gasteiger partial charge in [-0.05, 0) is 37.6 Å². The number of hydrogen-bond acceptors (Lipinski definition) is 2. The Balaban J connectivity index is 2.30. The summed E-state index contributed by atoms with van der Waals surface area (Å²) in [4.78, 5) is 3.90. The van der Waals surface area contributed by atoms with Gasteiger partial charge in [0.25, 0.3) is 0 Å². The van der Waals surface area contributed by atoms with Gasteiger partial charge in [-0.1, -0.05) is 23.2 Å². The van der Waals surface area contributed by atoms with E-state index in [9.17, 15) is 0 Å². The van der Waals surface area contributed by atoms with Gasteiger partial charge in [-0.2, -0.15) is 5.10 Å². The molecule has 0 radical (unpaired) electrons. The second-order valence-electron chi connectivity index (χ2n) is 3.71. The minimum atomic E-state index is 0.407. The number of aromatic nitrogens is 3. The number of nitrogens with zero attached hydrogens (tertiary/aromatic N) is 3. The molecule has 0 saturated carbocycles. The summed E-state index contributed by atoms with van der Waals surface area (Å²) in [5.41, 5.74) is 3.11. The summed E-state index contributed by atoms with van der Waals surface area (Å²) in [5.74, 6) is 0. The van der Waals surface area contributed by atoms with Gasteiger partial charge < -0.3 is 0 Å². The van der Waals surface area contributed by atoms with Crippen molar-refractivity contribution in [1.29, 1.82) is 0 Å². The van der Waals surface area contributed by atoms with Crippen molar-refractivity contribution in [2.75, 3.05) is 0 Å². The molecule has 2 aromatic heterocycles. The first-order valence-electron chi connectivity index (χ1n) is 4.87. The topological polar surface area (TPSA) is 30.7 Å². The Hall–Kier alpha value is -1.06. The third kappa shape index (κ3) is 2.54. The summed E-state index contributed by atoms with van der Waals surface area (Å²) in [7, 11) is 0. The highest BCUT2D eigenvalue weighted by Gasteiger charge is 2.04. The van der Waals surface area contributed by atoms with Crippen molar-refractivity contribution >= 4 is 23.2 Å². The molecule has 0 aliphatic rings. The average molecular weight is 256 g/mol. The molecule has 16 heavy (non-hydrogen) atoms. The Morgan fingerprint density at radius 3 is 2.25 bits per heavy atom. The summed E-state index contributed by atoms with van der Waals surface area (Å²) >= 11 is 11.7. The van der Waals surface area contributed by atoms with Crippen molar-refractivity contribution in [2.24, 2.45) is 0 Å². The minimum Gasteiger partial charge on any atom is -0.265 e. The van der Waals surface area contributed by atoms with E-state index >= 15 is 0 Å². The zero-order valence-corrected chi connectivity index (χ0v) is 10.5. The zero-order chi connectivity index (χ0) is 11.7. The van der Waals surface area contributed by atoms with Crippen LogP contribution in [0.2, 0.25) is 10.3 Å². The maximum Gasteiger partial charge on any atom is 0.131 e. The highest BCUT2D eigenvalue weighted by atomic mass is 35.5. The Bertz CT molecular complexity index is 500. The lowest BCUT2D eigenvalue weighted by molar-refractivity contribution is 0.658. The van der Waals surface area contributed by atoms with Crippen LogP contribution in [0.1, 0.15) is 17.0 Å². The van der Waals surface area contributed by atoms with E-state index in [1.165, 1.54) is 0 Å². The lowest BCUT2D eigenvalue weighted by atomic mass is 10.2. The van der Waals surface area contributed by atoms with E-state index in [-0.39, 0.29) is 0 Å². The Labute approximate surface area is 104 Å². The van der Waals surface area contributed by atoms with E-state index in [0.717, 1.165) is 17.0 Å². The zero-order valence-electron chi connectivity index (χ0n) is 9.04. The lowest BCUT2D eigenvalue weighted by Gasteiger charge is -2.05. The monoisotopic (exact) mass is 255 g/mol. The molecular formula is C11H11Cl2N3.